The summed E-state index contributed by atoms with van der Waals surface area (Å²) in [5.74, 6) is 0. The normalized spacial score (nSPS) is 18.9. The highest BCUT2D eigenvalue weighted by atomic mass is 32.1. The van der Waals surface area contributed by atoms with E-state index in [1.807, 2.05) is 29.5 Å². The van der Waals surface area contributed by atoms with Crippen LogP contribution in [-0.4, -0.2) is 22.7 Å². The second kappa shape index (κ2) is 7.36. The highest BCUT2D eigenvalue weighted by molar-refractivity contribution is 7.11. The average Bonchev–Trinajstić information content (AvgIpc) is 2.97. The molecule has 1 aromatic heterocycles. The minimum Gasteiger partial charge on any atom is -0.391 e. The van der Waals surface area contributed by atoms with Gasteiger partial charge in [0.2, 0.25) is 0 Å². The lowest BCUT2D eigenvalue weighted by atomic mass is 9.97. The summed E-state index contributed by atoms with van der Waals surface area (Å²) >= 11 is 1.84. The number of aromatic nitrogens is 1. The highest BCUT2D eigenvalue weighted by Crippen LogP contribution is 2.34. The Morgan fingerprint density at radius 1 is 1.36 bits per heavy atom. The van der Waals surface area contributed by atoms with E-state index >= 15 is 0 Å². The van der Waals surface area contributed by atoms with Crippen LogP contribution in [-0.2, 0) is 19.3 Å². The van der Waals surface area contributed by atoms with Crippen LogP contribution < -0.4 is 5.32 Å². The lowest BCUT2D eigenvalue weighted by Crippen LogP contribution is -2.32. The number of nitrogens with one attached hydrogen (secondary N) is 1. The van der Waals surface area contributed by atoms with E-state index < -0.39 is 0 Å². The zero-order chi connectivity index (χ0) is 15.4. The van der Waals surface area contributed by atoms with Gasteiger partial charge in [-0.2, -0.15) is 0 Å². The number of rotatable bonds is 6. The number of fused-ring (bicyclic) bond motifs is 1. The Morgan fingerprint density at radius 3 is 2.95 bits per heavy atom. The molecule has 2 N–H and O–H groups in total. The molecule has 2 atom stereocenters. The first-order valence-corrected chi connectivity index (χ1v) is 9.01. The summed E-state index contributed by atoms with van der Waals surface area (Å²) in [6, 6.07) is 10.6. The van der Waals surface area contributed by atoms with Crippen molar-refractivity contribution in [2.24, 2.45) is 0 Å². The topological polar surface area (TPSA) is 45.2 Å². The predicted molar refractivity (Wildman–Crippen MR) is 91.3 cm³/mol. The van der Waals surface area contributed by atoms with Crippen molar-refractivity contribution in [1.29, 1.82) is 0 Å². The molecule has 118 valence electrons. The van der Waals surface area contributed by atoms with Crippen molar-refractivity contribution in [2.45, 2.75) is 51.2 Å². The predicted octanol–water partition coefficient (Wildman–Crippen LogP) is 3.28. The molecular weight excluding hydrogens is 292 g/mol. The second-order valence-electron chi connectivity index (χ2n) is 5.97. The molecule has 0 saturated carbocycles. The summed E-state index contributed by atoms with van der Waals surface area (Å²) in [5.41, 5.74) is 2.47. The molecule has 1 aliphatic carbocycles. The molecule has 22 heavy (non-hydrogen) atoms. The fourth-order valence-electron chi connectivity index (χ4n) is 3.05. The van der Waals surface area contributed by atoms with Gasteiger partial charge in [0, 0.05) is 17.5 Å². The molecule has 1 aromatic carbocycles. The molecule has 3 rings (SSSR count). The number of hydrogen-bond acceptors (Lipinski definition) is 4. The van der Waals surface area contributed by atoms with Gasteiger partial charge in [0.1, 0.15) is 0 Å². The van der Waals surface area contributed by atoms with E-state index in [1.54, 1.807) is 0 Å². The number of thiazole rings is 1. The Morgan fingerprint density at radius 2 is 2.18 bits per heavy atom. The maximum absolute atomic E-state index is 10.3. The fraction of sp³-hybridized carbons (Fsp3) is 0.500. The smallest absolute Gasteiger partial charge is 0.0928 e. The number of hydrogen-bond donors (Lipinski definition) is 2. The number of aliphatic hydroxyl groups excluding tert-OH is 1. The number of nitrogens with zero attached hydrogens (tertiary/aromatic N) is 1. The van der Waals surface area contributed by atoms with E-state index in [0.29, 0.717) is 19.0 Å². The van der Waals surface area contributed by atoms with Crippen LogP contribution in [0.2, 0.25) is 0 Å². The quantitative estimate of drug-likeness (QED) is 0.860. The van der Waals surface area contributed by atoms with Gasteiger partial charge in [-0.3, -0.25) is 0 Å². The first kappa shape index (κ1) is 15.7. The summed E-state index contributed by atoms with van der Waals surface area (Å²) in [6.45, 7) is 2.80. The van der Waals surface area contributed by atoms with Crippen molar-refractivity contribution in [1.82, 2.24) is 10.3 Å². The van der Waals surface area contributed by atoms with Crippen molar-refractivity contribution in [3.63, 3.8) is 0 Å². The molecule has 2 aromatic rings. The molecule has 3 nitrogen and oxygen atoms in total. The molecular formula is C18H24N2OS. The standard InChI is InChI=1S/C18H24N2OS/c1-2-17-20-16-10-6-9-15(18(16)22-17)19-12-14(21)11-13-7-4-3-5-8-13/h3-5,7-8,14-15,19,21H,2,6,9-12H2,1H3. The van der Waals surface area contributed by atoms with Gasteiger partial charge < -0.3 is 10.4 Å². The van der Waals surface area contributed by atoms with Gasteiger partial charge in [-0.15, -0.1) is 11.3 Å². The zero-order valence-electron chi connectivity index (χ0n) is 13.1. The molecule has 0 amide bonds. The van der Waals surface area contributed by atoms with Crippen molar-refractivity contribution in [2.75, 3.05) is 6.54 Å². The minimum absolute atomic E-state index is 0.341. The molecule has 0 aliphatic heterocycles. The molecule has 1 aliphatic rings. The molecule has 4 heteroatoms. The summed E-state index contributed by atoms with van der Waals surface area (Å²) in [4.78, 5) is 6.13. The van der Waals surface area contributed by atoms with E-state index in [9.17, 15) is 5.11 Å². The van der Waals surface area contributed by atoms with Crippen LogP contribution in [0.4, 0.5) is 0 Å². The molecule has 0 radical (unpaired) electrons. The minimum atomic E-state index is -0.341. The first-order valence-electron chi connectivity index (χ1n) is 8.20. The summed E-state index contributed by atoms with van der Waals surface area (Å²) < 4.78 is 0. The van der Waals surface area contributed by atoms with Crippen LogP contribution >= 0.6 is 11.3 Å². The first-order chi connectivity index (χ1) is 10.8. The van der Waals surface area contributed by atoms with Crippen LogP contribution in [0.3, 0.4) is 0 Å². The van der Waals surface area contributed by atoms with Crippen molar-refractivity contribution >= 4 is 11.3 Å². The van der Waals surface area contributed by atoms with Crippen LogP contribution in [0.15, 0.2) is 30.3 Å². The third-order valence-electron chi connectivity index (χ3n) is 4.21. The van der Waals surface area contributed by atoms with Crippen LogP contribution in [0.25, 0.3) is 0 Å². The molecule has 0 fully saturated rings. The van der Waals surface area contributed by atoms with Crippen molar-refractivity contribution in [3.05, 3.63) is 51.5 Å². The van der Waals surface area contributed by atoms with E-state index in [-0.39, 0.29) is 6.10 Å². The monoisotopic (exact) mass is 316 g/mol. The second-order valence-corrected chi connectivity index (χ2v) is 7.08. The van der Waals surface area contributed by atoms with E-state index in [4.69, 9.17) is 4.98 Å². The average molecular weight is 316 g/mol. The number of benzene rings is 1. The summed E-state index contributed by atoms with van der Waals surface area (Å²) in [6.07, 6.45) is 4.82. The molecule has 0 spiro atoms. The van der Waals surface area contributed by atoms with Crippen molar-refractivity contribution in [3.8, 4) is 0 Å². The lowest BCUT2D eigenvalue weighted by Gasteiger charge is -2.24. The van der Waals surface area contributed by atoms with Gasteiger partial charge in [0.15, 0.2) is 0 Å². The fourth-order valence-corrected chi connectivity index (χ4v) is 4.22. The van der Waals surface area contributed by atoms with Gasteiger partial charge in [-0.05, 0) is 37.7 Å². The SMILES string of the molecule is CCc1nc2c(s1)C(NCC(O)Cc1ccccc1)CCC2. The van der Waals surface area contributed by atoms with E-state index in [2.05, 4.69) is 24.4 Å². The van der Waals surface area contributed by atoms with Gasteiger partial charge in [-0.25, -0.2) is 4.98 Å². The van der Waals surface area contributed by atoms with Crippen LogP contribution in [0, 0.1) is 0 Å². The third-order valence-corrected chi connectivity index (χ3v) is 5.57. The Hall–Kier alpha value is -1.23. The van der Waals surface area contributed by atoms with E-state index in [1.165, 1.54) is 27.6 Å². The third kappa shape index (κ3) is 3.75. The number of aryl methyl sites for hydroxylation is 2. The largest absolute Gasteiger partial charge is 0.391 e. The Bertz CT molecular complexity index is 596. The van der Waals surface area contributed by atoms with Gasteiger partial charge in [0.05, 0.1) is 16.8 Å². The summed E-state index contributed by atoms with van der Waals surface area (Å²) in [7, 11) is 0. The zero-order valence-corrected chi connectivity index (χ0v) is 13.9. The summed E-state index contributed by atoms with van der Waals surface area (Å²) in [5, 5.41) is 15.1. The Kier molecular flexibility index (Phi) is 5.24. The Balaban J connectivity index is 1.57. The maximum atomic E-state index is 10.3. The molecule has 0 saturated heterocycles. The molecule has 1 heterocycles. The molecule has 2 unspecified atom stereocenters. The lowest BCUT2D eigenvalue weighted by molar-refractivity contribution is 0.166. The number of aliphatic hydroxyl groups is 1. The van der Waals surface area contributed by atoms with Gasteiger partial charge in [0.25, 0.3) is 0 Å². The van der Waals surface area contributed by atoms with E-state index in [0.717, 1.165) is 19.3 Å². The van der Waals surface area contributed by atoms with Gasteiger partial charge in [-0.1, -0.05) is 37.3 Å². The van der Waals surface area contributed by atoms with Crippen molar-refractivity contribution < 1.29 is 5.11 Å². The van der Waals surface area contributed by atoms with Crippen LogP contribution in [0.1, 0.15) is 46.9 Å². The maximum Gasteiger partial charge on any atom is 0.0928 e. The highest BCUT2D eigenvalue weighted by Gasteiger charge is 2.24. The Labute approximate surface area is 136 Å². The van der Waals surface area contributed by atoms with Crippen LogP contribution in [0.5, 0.6) is 0 Å². The molecule has 0 bridgehead atoms. The van der Waals surface area contributed by atoms with Gasteiger partial charge >= 0.3 is 0 Å².